The van der Waals surface area contributed by atoms with Crippen LogP contribution in [0, 0.1) is 33.8 Å². The van der Waals surface area contributed by atoms with Gasteiger partial charge in [-0.15, -0.1) is 0 Å². The molecule has 4 atom stereocenters. The van der Waals surface area contributed by atoms with Crippen LogP contribution in [0.15, 0.2) is 30.4 Å². The van der Waals surface area contributed by atoms with Crippen LogP contribution < -0.4 is 9.64 Å². The Morgan fingerprint density at radius 2 is 1.76 bits per heavy atom. The Balaban J connectivity index is 1.77. The highest BCUT2D eigenvalue weighted by atomic mass is 16.6. The lowest BCUT2D eigenvalue weighted by atomic mass is 9.63. The Morgan fingerprint density at radius 1 is 1.16 bits per heavy atom. The Hall–Kier alpha value is -2.70. The number of amides is 2. The van der Waals surface area contributed by atoms with Crippen LogP contribution in [0.1, 0.15) is 19.8 Å². The summed E-state index contributed by atoms with van der Waals surface area (Å²) >= 11 is 0. The van der Waals surface area contributed by atoms with Gasteiger partial charge in [0.15, 0.2) is 0 Å². The number of hydrogen-bond acceptors (Lipinski definition) is 5. The molecular weight excluding hydrogens is 324 g/mol. The molecule has 2 amide bonds. The van der Waals surface area contributed by atoms with Gasteiger partial charge in [0.05, 0.1) is 29.4 Å². The van der Waals surface area contributed by atoms with Gasteiger partial charge in [-0.2, -0.15) is 0 Å². The monoisotopic (exact) mass is 342 g/mol. The molecule has 1 saturated carbocycles. The Kier molecular flexibility index (Phi) is 3.59. The number of fused-ring (bicyclic) bond motifs is 1. The van der Waals surface area contributed by atoms with Crippen molar-refractivity contribution < 1.29 is 19.2 Å². The van der Waals surface area contributed by atoms with E-state index in [-0.39, 0.29) is 46.9 Å². The average molecular weight is 342 g/mol. The molecule has 0 radical (unpaired) electrons. The zero-order valence-corrected chi connectivity index (χ0v) is 13.8. The van der Waals surface area contributed by atoms with E-state index in [1.165, 1.54) is 12.1 Å². The van der Waals surface area contributed by atoms with Crippen molar-refractivity contribution in [3.05, 3.63) is 40.5 Å². The van der Waals surface area contributed by atoms with Gasteiger partial charge in [0, 0.05) is 0 Å². The largest absolute Gasteiger partial charge is 0.494 e. The van der Waals surface area contributed by atoms with E-state index in [4.69, 9.17) is 4.74 Å². The van der Waals surface area contributed by atoms with Gasteiger partial charge < -0.3 is 4.74 Å². The van der Waals surface area contributed by atoms with Gasteiger partial charge in [0.1, 0.15) is 11.4 Å². The summed E-state index contributed by atoms with van der Waals surface area (Å²) < 4.78 is 5.30. The van der Waals surface area contributed by atoms with Gasteiger partial charge in [-0.25, -0.2) is 4.90 Å². The first-order chi connectivity index (χ1) is 12.0. The van der Waals surface area contributed by atoms with Crippen molar-refractivity contribution in [1.29, 1.82) is 0 Å². The number of ether oxygens (including phenoxy) is 1. The lowest BCUT2D eigenvalue weighted by molar-refractivity contribution is -0.384. The minimum atomic E-state index is -0.576. The summed E-state index contributed by atoms with van der Waals surface area (Å²) in [5.41, 5.74) is -0.246. The van der Waals surface area contributed by atoms with E-state index in [0.29, 0.717) is 12.4 Å². The zero-order chi connectivity index (χ0) is 17.7. The number of allylic oxidation sites excluding steroid dienone is 2. The number of nitro benzene ring substituents is 1. The third-order valence-electron chi connectivity index (χ3n) is 5.45. The lowest BCUT2D eigenvalue weighted by Gasteiger charge is -2.38. The van der Waals surface area contributed by atoms with Crippen LogP contribution in [0.5, 0.6) is 5.75 Å². The smallest absolute Gasteiger partial charge is 0.297 e. The molecule has 7 heteroatoms. The standard InChI is InChI=1S/C18H18N2O5/c1-2-25-12-7-8-13(14(9-12)20(23)24)19-17(21)15-10-3-4-11(6-5-10)16(15)18(19)22/h3-4,7-11,15-16H,2,5-6H2,1H3/t10-,11-,15-,16-/m0/s1. The second kappa shape index (κ2) is 5.68. The van der Waals surface area contributed by atoms with Crippen LogP contribution >= 0.6 is 0 Å². The van der Waals surface area contributed by atoms with Gasteiger partial charge in [-0.05, 0) is 43.7 Å². The van der Waals surface area contributed by atoms with Crippen LogP contribution in [-0.4, -0.2) is 23.3 Å². The number of benzene rings is 1. The van der Waals surface area contributed by atoms with Gasteiger partial charge in [0.2, 0.25) is 11.8 Å². The summed E-state index contributed by atoms with van der Waals surface area (Å²) in [5, 5.41) is 11.5. The molecule has 2 bridgehead atoms. The topological polar surface area (TPSA) is 89.8 Å². The SMILES string of the molecule is CCOc1ccc(N2C(=O)[C@@H]3[C@@H](C2=O)[C@H]2C=C[C@H]3CC2)c([N+](=O)[O-])c1. The number of carbonyl (C=O) groups excluding carboxylic acids is 2. The minimum absolute atomic E-state index is 0.0391. The fraction of sp³-hybridized carbons (Fsp3) is 0.444. The molecule has 1 aromatic rings. The fourth-order valence-electron chi connectivity index (χ4n) is 4.41. The minimum Gasteiger partial charge on any atom is -0.494 e. The van der Waals surface area contributed by atoms with Gasteiger partial charge in [0.25, 0.3) is 5.69 Å². The number of nitrogens with zero attached hydrogens (tertiary/aromatic N) is 2. The van der Waals surface area contributed by atoms with Crippen molar-refractivity contribution in [1.82, 2.24) is 0 Å². The van der Waals surface area contributed by atoms with Gasteiger partial charge in [-0.3, -0.25) is 19.7 Å². The molecule has 1 aromatic carbocycles. The van der Waals surface area contributed by atoms with E-state index in [9.17, 15) is 19.7 Å². The molecule has 25 heavy (non-hydrogen) atoms. The first-order valence-corrected chi connectivity index (χ1v) is 8.50. The molecular formula is C18H18N2O5. The molecule has 1 saturated heterocycles. The molecule has 1 heterocycles. The van der Waals surface area contributed by atoms with Crippen molar-refractivity contribution in [2.24, 2.45) is 23.7 Å². The van der Waals surface area contributed by atoms with Crippen molar-refractivity contribution in [2.75, 3.05) is 11.5 Å². The molecule has 2 fully saturated rings. The van der Waals surface area contributed by atoms with E-state index >= 15 is 0 Å². The number of anilines is 1. The molecule has 7 nitrogen and oxygen atoms in total. The van der Waals surface area contributed by atoms with Crippen LogP contribution in [0.25, 0.3) is 0 Å². The second-order valence-corrected chi connectivity index (χ2v) is 6.69. The molecule has 0 aromatic heterocycles. The summed E-state index contributed by atoms with van der Waals surface area (Å²) in [6.07, 6.45) is 5.83. The zero-order valence-electron chi connectivity index (χ0n) is 13.8. The molecule has 0 unspecified atom stereocenters. The first-order valence-electron chi connectivity index (χ1n) is 8.50. The highest BCUT2D eigenvalue weighted by Gasteiger charge is 2.57. The van der Waals surface area contributed by atoms with Crippen LogP contribution in [0.4, 0.5) is 11.4 Å². The van der Waals surface area contributed by atoms with E-state index < -0.39 is 4.92 Å². The van der Waals surface area contributed by atoms with Gasteiger partial charge in [-0.1, -0.05) is 12.2 Å². The third kappa shape index (κ3) is 2.26. The normalized spacial score (nSPS) is 29.9. The number of carbonyl (C=O) groups is 2. The number of hydrogen-bond donors (Lipinski definition) is 0. The maximum Gasteiger partial charge on any atom is 0.297 e. The van der Waals surface area contributed by atoms with E-state index in [1.807, 2.05) is 12.2 Å². The van der Waals surface area contributed by atoms with E-state index in [1.54, 1.807) is 13.0 Å². The highest BCUT2D eigenvalue weighted by Crippen LogP contribution is 2.51. The van der Waals surface area contributed by atoms with Crippen molar-refractivity contribution >= 4 is 23.2 Å². The number of nitro groups is 1. The summed E-state index contributed by atoms with van der Waals surface area (Å²) in [4.78, 5) is 37.8. The molecule has 130 valence electrons. The van der Waals surface area contributed by atoms with Crippen LogP contribution in [-0.2, 0) is 9.59 Å². The molecule has 1 aliphatic heterocycles. The molecule has 5 rings (SSSR count). The first kappa shape index (κ1) is 15.8. The highest BCUT2D eigenvalue weighted by molar-refractivity contribution is 6.23. The maximum absolute atomic E-state index is 12.9. The predicted octanol–water partition coefficient (Wildman–Crippen LogP) is 2.70. The number of imide groups is 1. The second-order valence-electron chi connectivity index (χ2n) is 6.69. The lowest BCUT2D eigenvalue weighted by Crippen LogP contribution is -2.38. The van der Waals surface area contributed by atoms with Crippen LogP contribution in [0.3, 0.4) is 0 Å². The Labute approximate surface area is 144 Å². The molecule has 0 spiro atoms. The van der Waals surface area contributed by atoms with Crippen molar-refractivity contribution in [3.8, 4) is 5.75 Å². The van der Waals surface area contributed by atoms with Crippen LogP contribution in [0.2, 0.25) is 0 Å². The summed E-state index contributed by atoms with van der Waals surface area (Å²) in [6.45, 7) is 2.15. The Bertz CT molecular complexity index is 771. The quantitative estimate of drug-likeness (QED) is 0.363. The number of rotatable bonds is 4. The van der Waals surface area contributed by atoms with E-state index in [0.717, 1.165) is 17.7 Å². The average Bonchev–Trinajstić information content (AvgIpc) is 2.89. The van der Waals surface area contributed by atoms with Crippen molar-refractivity contribution in [2.45, 2.75) is 19.8 Å². The fourth-order valence-corrected chi connectivity index (χ4v) is 4.41. The molecule has 3 aliphatic carbocycles. The molecule has 4 aliphatic rings. The Morgan fingerprint density at radius 3 is 2.24 bits per heavy atom. The predicted molar refractivity (Wildman–Crippen MR) is 89.1 cm³/mol. The third-order valence-corrected chi connectivity index (χ3v) is 5.45. The summed E-state index contributed by atoms with van der Waals surface area (Å²) in [6, 6.07) is 4.26. The van der Waals surface area contributed by atoms with Crippen molar-refractivity contribution in [3.63, 3.8) is 0 Å². The van der Waals surface area contributed by atoms with Gasteiger partial charge >= 0.3 is 0 Å². The maximum atomic E-state index is 12.9. The van der Waals surface area contributed by atoms with E-state index in [2.05, 4.69) is 0 Å². The summed E-state index contributed by atoms with van der Waals surface area (Å²) in [7, 11) is 0. The molecule has 0 N–H and O–H groups in total. The summed E-state index contributed by atoms with van der Waals surface area (Å²) in [5.74, 6) is -0.958.